The van der Waals surface area contributed by atoms with Crippen LogP contribution in [0.25, 0.3) is 6.08 Å². The lowest BCUT2D eigenvalue weighted by Crippen LogP contribution is -2.38. The van der Waals surface area contributed by atoms with Gasteiger partial charge in [0.25, 0.3) is 17.1 Å². The van der Waals surface area contributed by atoms with Gasteiger partial charge in [0.2, 0.25) is 0 Å². The molecule has 0 aromatic heterocycles. The van der Waals surface area contributed by atoms with Gasteiger partial charge in [-0.1, -0.05) is 18.2 Å². The largest absolute Gasteiger partial charge is 0.484 e. The Morgan fingerprint density at radius 2 is 1.84 bits per heavy atom. The van der Waals surface area contributed by atoms with Crippen LogP contribution in [0.3, 0.4) is 0 Å². The summed E-state index contributed by atoms with van der Waals surface area (Å²) in [4.78, 5) is 48.8. The molecule has 0 radical (unpaired) electrons. The van der Waals surface area contributed by atoms with Gasteiger partial charge in [0.15, 0.2) is 12.4 Å². The average molecular weight is 442 g/mol. The van der Waals surface area contributed by atoms with E-state index in [1.54, 1.807) is 30.3 Å². The highest BCUT2D eigenvalue weighted by molar-refractivity contribution is 8.18. The maximum atomic E-state index is 13.8. The first-order valence-electron chi connectivity index (χ1n) is 9.35. The number of carbonyl (C=O) groups is 4. The molecule has 1 heterocycles. The minimum Gasteiger partial charge on any atom is -0.484 e. The van der Waals surface area contributed by atoms with E-state index < -0.39 is 22.9 Å². The van der Waals surface area contributed by atoms with E-state index >= 15 is 0 Å². The summed E-state index contributed by atoms with van der Waals surface area (Å²) in [5.74, 6) is -1.08. The van der Waals surface area contributed by atoms with Crippen LogP contribution < -0.4 is 10.1 Å². The van der Waals surface area contributed by atoms with Crippen molar-refractivity contribution in [2.75, 3.05) is 19.7 Å². The standard InChI is InChI=1S/C22H19FN2O5S/c1-14(26)15-6-8-17(9-7-15)30-13-20(27)24-10-11-25-21(28)19(31-22(25)29)12-16-4-2-3-5-18(16)23/h2-9,12H,10-11,13H2,1H3,(H,24,27)/b19-12-. The quantitative estimate of drug-likeness (QED) is 0.498. The van der Waals surface area contributed by atoms with Crippen molar-refractivity contribution in [3.63, 3.8) is 0 Å². The molecule has 0 unspecified atom stereocenters. The summed E-state index contributed by atoms with van der Waals surface area (Å²) in [6.45, 7) is 1.24. The molecule has 2 aromatic rings. The van der Waals surface area contributed by atoms with Gasteiger partial charge in [-0.05, 0) is 55.1 Å². The van der Waals surface area contributed by atoms with Crippen molar-refractivity contribution in [3.8, 4) is 5.75 Å². The van der Waals surface area contributed by atoms with Crippen LogP contribution >= 0.6 is 11.8 Å². The summed E-state index contributed by atoms with van der Waals surface area (Å²) in [6, 6.07) is 12.3. The molecule has 9 heteroatoms. The number of ether oxygens (including phenoxy) is 1. The van der Waals surface area contributed by atoms with Gasteiger partial charge in [0.05, 0.1) is 4.91 Å². The van der Waals surface area contributed by atoms with Gasteiger partial charge in [-0.25, -0.2) is 4.39 Å². The van der Waals surface area contributed by atoms with E-state index in [0.717, 1.165) is 16.7 Å². The number of hydrogen-bond acceptors (Lipinski definition) is 6. The number of thioether (sulfide) groups is 1. The van der Waals surface area contributed by atoms with E-state index in [2.05, 4.69) is 5.32 Å². The van der Waals surface area contributed by atoms with Crippen LogP contribution in [-0.2, 0) is 9.59 Å². The smallest absolute Gasteiger partial charge is 0.293 e. The lowest BCUT2D eigenvalue weighted by molar-refractivity contribution is -0.125. The van der Waals surface area contributed by atoms with Crippen molar-refractivity contribution < 1.29 is 28.3 Å². The van der Waals surface area contributed by atoms with Gasteiger partial charge in [-0.3, -0.25) is 24.1 Å². The highest BCUT2D eigenvalue weighted by atomic mass is 32.2. The number of benzene rings is 2. The molecule has 1 saturated heterocycles. The zero-order valence-corrected chi connectivity index (χ0v) is 17.4. The molecule has 1 fully saturated rings. The molecule has 160 valence electrons. The highest BCUT2D eigenvalue weighted by Crippen LogP contribution is 2.32. The fraction of sp³-hybridized carbons (Fsp3) is 0.182. The minimum absolute atomic E-state index is 0.0155. The van der Waals surface area contributed by atoms with E-state index in [-0.39, 0.29) is 35.9 Å². The Balaban J connectivity index is 1.47. The topological polar surface area (TPSA) is 92.8 Å². The Kier molecular flexibility index (Phi) is 7.19. The predicted octanol–water partition coefficient (Wildman–Crippen LogP) is 3.26. The minimum atomic E-state index is -0.533. The number of imide groups is 1. The molecule has 3 rings (SSSR count). The van der Waals surface area contributed by atoms with Crippen molar-refractivity contribution >= 4 is 40.7 Å². The van der Waals surface area contributed by atoms with Crippen molar-refractivity contribution in [2.24, 2.45) is 0 Å². The van der Waals surface area contributed by atoms with E-state index in [4.69, 9.17) is 4.74 Å². The SMILES string of the molecule is CC(=O)c1ccc(OCC(=O)NCCN2C(=O)S/C(=C\c3ccccc3F)C2=O)cc1. The summed E-state index contributed by atoms with van der Waals surface area (Å²) >= 11 is 0.725. The third-order valence-corrected chi connectivity index (χ3v) is 5.26. The number of ketones is 1. The molecule has 1 N–H and O–H groups in total. The molecule has 3 amide bonds. The number of rotatable bonds is 8. The van der Waals surface area contributed by atoms with Gasteiger partial charge in [-0.2, -0.15) is 0 Å². The summed E-state index contributed by atoms with van der Waals surface area (Å²) in [6.07, 6.45) is 1.34. The van der Waals surface area contributed by atoms with Gasteiger partial charge in [0.1, 0.15) is 11.6 Å². The molecular formula is C22H19FN2O5S. The van der Waals surface area contributed by atoms with Gasteiger partial charge >= 0.3 is 0 Å². The van der Waals surface area contributed by atoms with E-state index in [1.807, 2.05) is 0 Å². The van der Waals surface area contributed by atoms with E-state index in [9.17, 15) is 23.6 Å². The van der Waals surface area contributed by atoms with Crippen LogP contribution in [0.2, 0.25) is 0 Å². The lowest BCUT2D eigenvalue weighted by atomic mass is 10.1. The molecule has 31 heavy (non-hydrogen) atoms. The predicted molar refractivity (Wildman–Crippen MR) is 114 cm³/mol. The second-order valence-electron chi connectivity index (χ2n) is 6.57. The molecule has 1 aliphatic heterocycles. The molecule has 0 spiro atoms. The molecule has 0 aliphatic carbocycles. The molecule has 0 saturated carbocycles. The zero-order chi connectivity index (χ0) is 22.4. The third-order valence-electron chi connectivity index (χ3n) is 4.35. The Labute approximate surface area is 182 Å². The first-order valence-corrected chi connectivity index (χ1v) is 10.2. The first-order chi connectivity index (χ1) is 14.8. The van der Waals surface area contributed by atoms with Crippen LogP contribution in [-0.4, -0.2) is 47.4 Å². The Morgan fingerprint density at radius 3 is 2.52 bits per heavy atom. The third kappa shape index (κ3) is 5.79. The van der Waals surface area contributed by atoms with Crippen molar-refractivity contribution in [1.82, 2.24) is 10.2 Å². The number of Topliss-reactive ketones (excluding diaryl/α,β-unsaturated/α-hetero) is 1. The normalized spacial score (nSPS) is 14.8. The van der Waals surface area contributed by atoms with Gasteiger partial charge in [-0.15, -0.1) is 0 Å². The summed E-state index contributed by atoms with van der Waals surface area (Å²) in [7, 11) is 0. The van der Waals surface area contributed by atoms with E-state index in [1.165, 1.54) is 31.2 Å². The highest BCUT2D eigenvalue weighted by Gasteiger charge is 2.34. The summed E-state index contributed by atoms with van der Waals surface area (Å²) in [5, 5.41) is 2.09. The molecule has 1 aliphatic rings. The van der Waals surface area contributed by atoms with Crippen molar-refractivity contribution in [2.45, 2.75) is 6.92 Å². The summed E-state index contributed by atoms with van der Waals surface area (Å²) < 4.78 is 19.1. The number of carbonyl (C=O) groups excluding carboxylic acids is 4. The lowest BCUT2D eigenvalue weighted by Gasteiger charge is -2.13. The van der Waals surface area contributed by atoms with Crippen molar-refractivity contribution in [1.29, 1.82) is 0 Å². The Bertz CT molecular complexity index is 1050. The van der Waals surface area contributed by atoms with Crippen molar-refractivity contribution in [3.05, 3.63) is 70.4 Å². The molecular weight excluding hydrogens is 423 g/mol. The number of hydrogen-bond donors (Lipinski definition) is 1. The van der Waals surface area contributed by atoms with Crippen LogP contribution in [0.5, 0.6) is 5.75 Å². The Morgan fingerprint density at radius 1 is 1.13 bits per heavy atom. The second kappa shape index (κ2) is 10.0. The number of nitrogens with one attached hydrogen (secondary N) is 1. The van der Waals surface area contributed by atoms with E-state index in [0.29, 0.717) is 11.3 Å². The fourth-order valence-corrected chi connectivity index (χ4v) is 3.57. The molecule has 0 atom stereocenters. The maximum Gasteiger partial charge on any atom is 0.293 e. The Hall–Kier alpha value is -3.46. The molecule has 7 nitrogen and oxygen atoms in total. The molecule has 2 aromatic carbocycles. The number of halogens is 1. The van der Waals surface area contributed by atoms with Crippen LogP contribution in [0.15, 0.2) is 53.4 Å². The van der Waals surface area contributed by atoms with Gasteiger partial charge in [0, 0.05) is 24.2 Å². The number of nitrogens with zero attached hydrogens (tertiary/aromatic N) is 1. The van der Waals surface area contributed by atoms with Crippen LogP contribution in [0.1, 0.15) is 22.8 Å². The maximum absolute atomic E-state index is 13.8. The number of amides is 3. The fourth-order valence-electron chi connectivity index (χ4n) is 2.72. The average Bonchev–Trinajstić information content (AvgIpc) is 3.01. The van der Waals surface area contributed by atoms with Crippen LogP contribution in [0.4, 0.5) is 9.18 Å². The monoisotopic (exact) mass is 442 g/mol. The first kappa shape index (κ1) is 22.2. The van der Waals surface area contributed by atoms with Crippen LogP contribution in [0, 0.1) is 5.82 Å². The second-order valence-corrected chi connectivity index (χ2v) is 7.57. The van der Waals surface area contributed by atoms with Gasteiger partial charge < -0.3 is 10.1 Å². The summed E-state index contributed by atoms with van der Waals surface area (Å²) in [5.41, 5.74) is 0.757. The molecule has 0 bridgehead atoms. The zero-order valence-electron chi connectivity index (χ0n) is 16.6.